The highest BCUT2D eigenvalue weighted by Crippen LogP contribution is 2.18. The third kappa shape index (κ3) is 5.66. The van der Waals surface area contributed by atoms with Gasteiger partial charge in [0, 0.05) is 13.1 Å². The van der Waals surface area contributed by atoms with Gasteiger partial charge in [-0.25, -0.2) is 9.40 Å². The van der Waals surface area contributed by atoms with Gasteiger partial charge >= 0.3 is 0 Å². The highest BCUT2D eigenvalue weighted by Gasteiger charge is 2.13. The molecule has 0 bridgehead atoms. The minimum absolute atomic E-state index is 0.0843. The monoisotopic (exact) mass is 378 g/mol. The quantitative estimate of drug-likeness (QED) is 0.600. The highest BCUT2D eigenvalue weighted by atomic mass is 19.1. The fraction of sp³-hybridized carbons (Fsp3) is 0.174. The van der Waals surface area contributed by atoms with Crippen molar-refractivity contribution < 1.29 is 13.9 Å². The van der Waals surface area contributed by atoms with Crippen molar-refractivity contribution in [2.45, 2.75) is 19.5 Å². The molecular weight excluding hydrogens is 355 g/mol. The number of carbonyl (C=O) groups is 1. The molecule has 0 fully saturated rings. The zero-order valence-electron chi connectivity index (χ0n) is 15.8. The van der Waals surface area contributed by atoms with Gasteiger partial charge in [-0.1, -0.05) is 66.7 Å². The van der Waals surface area contributed by atoms with Gasteiger partial charge in [0.2, 0.25) is 5.91 Å². The van der Waals surface area contributed by atoms with Crippen molar-refractivity contribution in [3.8, 4) is 5.75 Å². The van der Waals surface area contributed by atoms with Gasteiger partial charge in [-0.15, -0.1) is 0 Å². The van der Waals surface area contributed by atoms with Crippen LogP contribution in [0.25, 0.3) is 0 Å². The molecule has 0 radical (unpaired) electrons. The van der Waals surface area contributed by atoms with E-state index in [2.05, 4.69) is 5.43 Å². The van der Waals surface area contributed by atoms with Crippen LogP contribution in [0.5, 0.6) is 5.75 Å². The van der Waals surface area contributed by atoms with E-state index in [0.29, 0.717) is 18.7 Å². The van der Waals surface area contributed by atoms with Crippen molar-refractivity contribution >= 4 is 5.91 Å². The van der Waals surface area contributed by atoms with Crippen LogP contribution >= 0.6 is 0 Å². The summed E-state index contributed by atoms with van der Waals surface area (Å²) in [4.78, 5) is 12.6. The first-order valence-electron chi connectivity index (χ1n) is 9.09. The van der Waals surface area contributed by atoms with Crippen molar-refractivity contribution in [1.29, 1.82) is 0 Å². The number of hydrogen-bond donors (Lipinski definition) is 1. The Morgan fingerprint density at radius 3 is 1.96 bits per heavy atom. The molecule has 4 nitrogen and oxygen atoms in total. The van der Waals surface area contributed by atoms with Crippen molar-refractivity contribution in [1.82, 2.24) is 10.4 Å². The number of halogens is 1. The molecule has 0 aliphatic carbocycles. The van der Waals surface area contributed by atoms with Gasteiger partial charge < -0.3 is 4.74 Å². The maximum absolute atomic E-state index is 13.9. The average Bonchev–Trinajstić information content (AvgIpc) is 2.69. The lowest BCUT2D eigenvalue weighted by Gasteiger charge is -2.23. The topological polar surface area (TPSA) is 41.6 Å². The first kappa shape index (κ1) is 19.6. The maximum atomic E-state index is 13.9. The van der Waals surface area contributed by atoms with Crippen LogP contribution < -0.4 is 10.2 Å². The Kier molecular flexibility index (Phi) is 6.76. The molecule has 0 aliphatic heterocycles. The third-order valence-electron chi connectivity index (χ3n) is 4.30. The molecule has 1 N–H and O–H groups in total. The van der Waals surface area contributed by atoms with Crippen molar-refractivity contribution in [3.63, 3.8) is 0 Å². The molecule has 3 aromatic carbocycles. The van der Waals surface area contributed by atoms with Crippen molar-refractivity contribution in [2.24, 2.45) is 0 Å². The summed E-state index contributed by atoms with van der Waals surface area (Å²) in [7, 11) is 1.41. The number of hydrazine groups is 1. The van der Waals surface area contributed by atoms with E-state index in [9.17, 15) is 9.18 Å². The molecule has 0 spiro atoms. The number of nitrogens with one attached hydrogen (secondary N) is 1. The minimum Gasteiger partial charge on any atom is -0.494 e. The number of benzene rings is 3. The van der Waals surface area contributed by atoms with E-state index in [1.807, 2.05) is 65.7 Å². The number of rotatable bonds is 8. The SMILES string of the molecule is COc1ccc(CC(=O)NN(Cc2ccccc2)Cc2ccccc2)cc1F. The molecule has 3 rings (SSSR count). The standard InChI is InChI=1S/C23H23FN2O2/c1-28-22-13-12-20(14-21(22)24)15-23(27)25-26(16-18-8-4-2-5-9-18)17-19-10-6-3-7-11-19/h2-14H,15-17H2,1H3,(H,25,27). The molecule has 3 aromatic rings. The molecule has 1 amide bonds. The Bertz CT molecular complexity index is 859. The molecule has 0 atom stereocenters. The zero-order chi connectivity index (χ0) is 19.8. The molecule has 28 heavy (non-hydrogen) atoms. The van der Waals surface area contributed by atoms with E-state index < -0.39 is 5.82 Å². The molecule has 0 saturated carbocycles. The van der Waals surface area contributed by atoms with Crippen molar-refractivity contribution in [3.05, 3.63) is 101 Å². The first-order chi connectivity index (χ1) is 13.6. The van der Waals surface area contributed by atoms with Gasteiger partial charge in [0.25, 0.3) is 0 Å². The van der Waals surface area contributed by atoms with Gasteiger partial charge in [0.15, 0.2) is 11.6 Å². The van der Waals surface area contributed by atoms with Crippen LogP contribution in [0, 0.1) is 5.82 Å². The second-order valence-electron chi connectivity index (χ2n) is 6.51. The molecule has 0 aromatic heterocycles. The molecule has 5 heteroatoms. The summed E-state index contributed by atoms with van der Waals surface area (Å²) in [5.74, 6) is -0.506. The van der Waals surface area contributed by atoms with E-state index in [4.69, 9.17) is 4.74 Å². The molecular formula is C23H23FN2O2. The van der Waals surface area contributed by atoms with Crippen LogP contribution in [0.2, 0.25) is 0 Å². The highest BCUT2D eigenvalue weighted by molar-refractivity contribution is 5.78. The van der Waals surface area contributed by atoms with E-state index in [-0.39, 0.29) is 18.1 Å². The Morgan fingerprint density at radius 1 is 0.893 bits per heavy atom. The second-order valence-corrected chi connectivity index (χ2v) is 6.51. The van der Waals surface area contributed by atoms with E-state index >= 15 is 0 Å². The number of carbonyl (C=O) groups excluding carboxylic acids is 1. The number of ether oxygens (including phenoxy) is 1. The molecule has 0 heterocycles. The number of nitrogens with zero attached hydrogens (tertiary/aromatic N) is 1. The average molecular weight is 378 g/mol. The summed E-state index contributed by atoms with van der Waals surface area (Å²) in [5.41, 5.74) is 5.73. The van der Waals surface area contributed by atoms with Crippen LogP contribution in [-0.4, -0.2) is 18.0 Å². The lowest BCUT2D eigenvalue weighted by Crippen LogP contribution is -2.42. The third-order valence-corrected chi connectivity index (χ3v) is 4.30. The van der Waals surface area contributed by atoms with Gasteiger partial charge in [-0.05, 0) is 28.8 Å². The van der Waals surface area contributed by atoms with Gasteiger partial charge in [-0.3, -0.25) is 10.2 Å². The van der Waals surface area contributed by atoms with Crippen LogP contribution in [0.15, 0.2) is 78.9 Å². The Balaban J connectivity index is 1.68. The normalized spacial score (nSPS) is 10.7. The summed E-state index contributed by atoms with van der Waals surface area (Å²) in [6.07, 6.45) is 0.0843. The van der Waals surface area contributed by atoms with Crippen molar-refractivity contribution in [2.75, 3.05) is 7.11 Å². The fourth-order valence-electron chi connectivity index (χ4n) is 2.96. The lowest BCUT2D eigenvalue weighted by atomic mass is 10.1. The Morgan fingerprint density at radius 2 is 1.46 bits per heavy atom. The molecule has 0 saturated heterocycles. The molecule has 0 aliphatic rings. The summed E-state index contributed by atoms with van der Waals surface area (Å²) in [6, 6.07) is 24.4. The zero-order valence-corrected chi connectivity index (χ0v) is 15.8. The Labute approximate surface area is 164 Å². The van der Waals surface area contributed by atoms with Crippen LogP contribution in [0.4, 0.5) is 4.39 Å². The maximum Gasteiger partial charge on any atom is 0.238 e. The fourth-order valence-corrected chi connectivity index (χ4v) is 2.96. The first-order valence-corrected chi connectivity index (χ1v) is 9.09. The second kappa shape index (κ2) is 9.67. The summed E-state index contributed by atoms with van der Waals surface area (Å²) >= 11 is 0. The lowest BCUT2D eigenvalue weighted by molar-refractivity contribution is -0.125. The summed E-state index contributed by atoms with van der Waals surface area (Å²) in [5, 5.41) is 1.87. The Hall–Kier alpha value is -3.18. The van der Waals surface area contributed by atoms with Crippen LogP contribution in [0.3, 0.4) is 0 Å². The minimum atomic E-state index is -0.474. The number of hydrogen-bond acceptors (Lipinski definition) is 3. The largest absolute Gasteiger partial charge is 0.494 e. The molecule has 144 valence electrons. The molecule has 0 unspecified atom stereocenters. The number of amides is 1. The summed E-state index contributed by atoms with van der Waals surface area (Å²) in [6.45, 7) is 1.14. The van der Waals surface area contributed by atoms with E-state index in [1.165, 1.54) is 19.2 Å². The predicted molar refractivity (Wildman–Crippen MR) is 107 cm³/mol. The van der Waals surface area contributed by atoms with Crippen LogP contribution in [-0.2, 0) is 24.3 Å². The summed E-state index contributed by atoms with van der Waals surface area (Å²) < 4.78 is 18.8. The smallest absolute Gasteiger partial charge is 0.238 e. The van der Waals surface area contributed by atoms with E-state index in [0.717, 1.165) is 11.1 Å². The predicted octanol–water partition coefficient (Wildman–Crippen LogP) is 4.11. The van der Waals surface area contributed by atoms with E-state index in [1.54, 1.807) is 6.07 Å². The van der Waals surface area contributed by atoms with Crippen LogP contribution in [0.1, 0.15) is 16.7 Å². The van der Waals surface area contributed by atoms with Gasteiger partial charge in [-0.2, -0.15) is 0 Å². The van der Waals surface area contributed by atoms with Gasteiger partial charge in [0.1, 0.15) is 0 Å². The number of methoxy groups -OCH3 is 1. The van der Waals surface area contributed by atoms with Gasteiger partial charge in [0.05, 0.1) is 13.5 Å².